The number of esters is 2. The predicted octanol–water partition coefficient (Wildman–Crippen LogP) is 2.57. The standard InChI is InChI=1S/C15H20N2O3/c1-5-7-12(18)20-13(19)15(4)14(3,10-16)11(6-2)8-9-17-15/h8-9H,5-7H2,1-4H3. The van der Waals surface area contributed by atoms with Crippen LogP contribution in [-0.4, -0.2) is 23.7 Å². The van der Waals surface area contributed by atoms with E-state index in [1.807, 2.05) is 13.8 Å². The van der Waals surface area contributed by atoms with E-state index >= 15 is 0 Å². The zero-order valence-corrected chi connectivity index (χ0v) is 12.4. The molecule has 1 rings (SSSR count). The molecule has 1 heterocycles. The van der Waals surface area contributed by atoms with Crippen molar-refractivity contribution in [2.75, 3.05) is 0 Å². The molecule has 0 aromatic heterocycles. The van der Waals surface area contributed by atoms with Crippen LogP contribution in [0.3, 0.4) is 0 Å². The summed E-state index contributed by atoms with van der Waals surface area (Å²) in [4.78, 5) is 27.9. The Bertz CT molecular complexity index is 516. The molecule has 5 heteroatoms. The predicted molar refractivity (Wildman–Crippen MR) is 75.0 cm³/mol. The van der Waals surface area contributed by atoms with Crippen LogP contribution in [0.5, 0.6) is 0 Å². The van der Waals surface area contributed by atoms with Crippen LogP contribution in [0.2, 0.25) is 0 Å². The SMILES string of the molecule is CCCC(=O)OC(=O)C1(C)N=CC=C(CC)C1(C)C#N. The zero-order valence-electron chi connectivity index (χ0n) is 12.4. The number of carbonyl (C=O) groups is 2. The van der Waals surface area contributed by atoms with Crippen LogP contribution in [0.25, 0.3) is 0 Å². The van der Waals surface area contributed by atoms with Gasteiger partial charge in [-0.05, 0) is 38.3 Å². The number of hydrogen-bond donors (Lipinski definition) is 0. The Morgan fingerprint density at radius 2 is 2.05 bits per heavy atom. The second kappa shape index (κ2) is 6.00. The molecule has 2 atom stereocenters. The van der Waals surface area contributed by atoms with E-state index < -0.39 is 22.9 Å². The Hall–Kier alpha value is -1.96. The second-order valence-electron chi connectivity index (χ2n) is 5.14. The van der Waals surface area contributed by atoms with Gasteiger partial charge in [0.1, 0.15) is 5.41 Å². The second-order valence-corrected chi connectivity index (χ2v) is 5.14. The highest BCUT2D eigenvalue weighted by Gasteiger charge is 2.55. The maximum atomic E-state index is 12.3. The largest absolute Gasteiger partial charge is 0.391 e. The van der Waals surface area contributed by atoms with Gasteiger partial charge >= 0.3 is 11.9 Å². The van der Waals surface area contributed by atoms with Gasteiger partial charge in [-0.2, -0.15) is 5.26 Å². The van der Waals surface area contributed by atoms with Gasteiger partial charge in [0.15, 0.2) is 5.54 Å². The molecule has 0 saturated heterocycles. The fourth-order valence-corrected chi connectivity index (χ4v) is 2.25. The molecule has 5 nitrogen and oxygen atoms in total. The van der Waals surface area contributed by atoms with Gasteiger partial charge in [-0.1, -0.05) is 13.8 Å². The van der Waals surface area contributed by atoms with Crippen LogP contribution >= 0.6 is 0 Å². The number of dihydropyridines is 1. The normalized spacial score (nSPS) is 28.4. The summed E-state index contributed by atoms with van der Waals surface area (Å²) in [6.07, 6.45) is 4.64. The van der Waals surface area contributed by atoms with Crippen LogP contribution < -0.4 is 0 Å². The molecule has 0 fully saturated rings. The maximum absolute atomic E-state index is 12.3. The van der Waals surface area contributed by atoms with Crippen molar-refractivity contribution in [3.63, 3.8) is 0 Å². The Kier molecular flexibility index (Phi) is 4.83. The molecule has 1 aliphatic rings. The summed E-state index contributed by atoms with van der Waals surface area (Å²) in [6, 6.07) is 2.16. The van der Waals surface area contributed by atoms with Crippen molar-refractivity contribution in [3.8, 4) is 6.07 Å². The molecule has 20 heavy (non-hydrogen) atoms. The maximum Gasteiger partial charge on any atom is 0.343 e. The molecule has 108 valence electrons. The highest BCUT2D eigenvalue weighted by atomic mass is 16.6. The van der Waals surface area contributed by atoms with Gasteiger partial charge in [0.05, 0.1) is 6.07 Å². The van der Waals surface area contributed by atoms with E-state index in [2.05, 4.69) is 11.1 Å². The first kappa shape index (κ1) is 16.1. The highest BCUT2D eigenvalue weighted by molar-refractivity contribution is 5.95. The van der Waals surface area contributed by atoms with Gasteiger partial charge in [-0.25, -0.2) is 4.79 Å². The van der Waals surface area contributed by atoms with Crippen molar-refractivity contribution in [3.05, 3.63) is 11.6 Å². The van der Waals surface area contributed by atoms with E-state index in [-0.39, 0.29) is 6.42 Å². The van der Waals surface area contributed by atoms with Gasteiger partial charge in [-0.15, -0.1) is 0 Å². The molecule has 0 radical (unpaired) electrons. The lowest BCUT2D eigenvalue weighted by Crippen LogP contribution is -2.52. The van der Waals surface area contributed by atoms with Gasteiger partial charge in [0.2, 0.25) is 0 Å². The number of hydrogen-bond acceptors (Lipinski definition) is 5. The first-order valence-corrected chi connectivity index (χ1v) is 6.77. The molecular formula is C15H20N2O3. The first-order valence-electron chi connectivity index (χ1n) is 6.77. The van der Waals surface area contributed by atoms with Crippen molar-refractivity contribution >= 4 is 18.2 Å². The number of carbonyl (C=O) groups excluding carboxylic acids is 2. The quantitative estimate of drug-likeness (QED) is 0.584. The number of nitrogens with zero attached hydrogens (tertiary/aromatic N) is 2. The third-order valence-electron chi connectivity index (χ3n) is 3.89. The topological polar surface area (TPSA) is 79.5 Å². The minimum absolute atomic E-state index is 0.172. The summed E-state index contributed by atoms with van der Waals surface area (Å²) in [5.41, 5.74) is -1.71. The molecule has 0 N–H and O–H groups in total. The highest BCUT2D eigenvalue weighted by Crippen LogP contribution is 2.44. The molecule has 2 unspecified atom stereocenters. The number of aliphatic imine (C=N–C) groups is 1. The van der Waals surface area contributed by atoms with Crippen LogP contribution in [0.4, 0.5) is 0 Å². The molecule has 0 amide bonds. The van der Waals surface area contributed by atoms with E-state index in [4.69, 9.17) is 4.74 Å². The van der Waals surface area contributed by atoms with Crippen LogP contribution in [-0.2, 0) is 14.3 Å². The summed E-state index contributed by atoms with van der Waals surface area (Å²) < 4.78 is 4.85. The number of ether oxygens (including phenoxy) is 1. The molecular weight excluding hydrogens is 256 g/mol. The smallest absolute Gasteiger partial charge is 0.343 e. The Morgan fingerprint density at radius 3 is 2.55 bits per heavy atom. The average Bonchev–Trinajstić information content (AvgIpc) is 2.41. The summed E-state index contributed by atoms with van der Waals surface area (Å²) in [5, 5.41) is 9.52. The average molecular weight is 276 g/mol. The van der Waals surface area contributed by atoms with Crippen LogP contribution in [0.15, 0.2) is 16.6 Å². The monoisotopic (exact) mass is 276 g/mol. The minimum atomic E-state index is -1.40. The summed E-state index contributed by atoms with van der Waals surface area (Å²) in [5.74, 6) is -1.35. The summed E-state index contributed by atoms with van der Waals surface area (Å²) in [6.45, 7) is 6.93. The van der Waals surface area contributed by atoms with Crippen molar-refractivity contribution in [2.24, 2.45) is 10.4 Å². The Morgan fingerprint density at radius 1 is 1.40 bits per heavy atom. The van der Waals surface area contributed by atoms with Gasteiger partial charge in [0, 0.05) is 12.6 Å². The van der Waals surface area contributed by atoms with E-state index in [0.29, 0.717) is 12.8 Å². The molecule has 0 aromatic carbocycles. The lowest BCUT2D eigenvalue weighted by atomic mass is 9.66. The van der Waals surface area contributed by atoms with Crippen molar-refractivity contribution in [2.45, 2.75) is 52.5 Å². The van der Waals surface area contributed by atoms with Crippen molar-refractivity contribution in [1.29, 1.82) is 5.26 Å². The van der Waals surface area contributed by atoms with Gasteiger partial charge in [0.25, 0.3) is 0 Å². The van der Waals surface area contributed by atoms with E-state index in [1.54, 1.807) is 13.0 Å². The zero-order chi connectivity index (χ0) is 15.4. The van der Waals surface area contributed by atoms with Crippen molar-refractivity contribution < 1.29 is 14.3 Å². The Balaban J connectivity index is 3.11. The summed E-state index contributed by atoms with van der Waals surface area (Å²) >= 11 is 0. The number of rotatable bonds is 4. The minimum Gasteiger partial charge on any atom is -0.391 e. The third kappa shape index (κ3) is 2.51. The lowest BCUT2D eigenvalue weighted by Gasteiger charge is -2.39. The van der Waals surface area contributed by atoms with Gasteiger partial charge in [-0.3, -0.25) is 9.79 Å². The van der Waals surface area contributed by atoms with Crippen LogP contribution in [0, 0.1) is 16.7 Å². The molecule has 0 saturated carbocycles. The molecule has 1 aliphatic heterocycles. The molecule has 0 bridgehead atoms. The fourth-order valence-electron chi connectivity index (χ4n) is 2.25. The number of allylic oxidation sites excluding steroid dienone is 1. The van der Waals surface area contributed by atoms with Crippen LogP contribution in [0.1, 0.15) is 47.0 Å². The molecule has 0 aromatic rings. The fraction of sp³-hybridized carbons (Fsp3) is 0.600. The Labute approximate surface area is 119 Å². The van der Waals surface area contributed by atoms with E-state index in [0.717, 1.165) is 5.57 Å². The first-order chi connectivity index (χ1) is 9.35. The van der Waals surface area contributed by atoms with Crippen molar-refractivity contribution in [1.82, 2.24) is 0 Å². The summed E-state index contributed by atoms with van der Waals surface area (Å²) in [7, 11) is 0. The lowest BCUT2D eigenvalue weighted by molar-refractivity contribution is -0.165. The number of nitriles is 1. The third-order valence-corrected chi connectivity index (χ3v) is 3.89. The molecule has 0 spiro atoms. The van der Waals surface area contributed by atoms with Gasteiger partial charge < -0.3 is 4.74 Å². The molecule has 0 aliphatic carbocycles. The van der Waals surface area contributed by atoms with E-state index in [1.165, 1.54) is 13.1 Å². The van der Waals surface area contributed by atoms with E-state index in [9.17, 15) is 14.9 Å².